The van der Waals surface area contributed by atoms with Crippen LogP contribution in [0, 0.1) is 0 Å². The van der Waals surface area contributed by atoms with Gasteiger partial charge in [-0.2, -0.15) is 5.10 Å². The molecule has 1 unspecified atom stereocenters. The Bertz CT molecular complexity index is 972. The van der Waals surface area contributed by atoms with Crippen molar-refractivity contribution < 1.29 is 19.1 Å². The van der Waals surface area contributed by atoms with E-state index < -0.39 is 0 Å². The minimum Gasteiger partial charge on any atom is -0.493 e. The number of nitrogens with zero attached hydrogens (tertiary/aromatic N) is 2. The highest BCUT2D eigenvalue weighted by molar-refractivity contribution is 5.95. The average molecular weight is 439 g/mol. The second-order valence-electron chi connectivity index (χ2n) is 7.89. The first-order valence-electron chi connectivity index (χ1n) is 10.7. The molecule has 1 aliphatic rings. The number of hydrazone groups is 1. The molecule has 2 amide bonds. The van der Waals surface area contributed by atoms with Crippen molar-refractivity contribution in [2.75, 3.05) is 24.3 Å². The van der Waals surface area contributed by atoms with E-state index in [1.165, 1.54) is 6.92 Å². The molecule has 2 N–H and O–H groups in total. The van der Waals surface area contributed by atoms with Crippen molar-refractivity contribution in [3.63, 3.8) is 0 Å². The first-order valence-corrected chi connectivity index (χ1v) is 10.7. The Morgan fingerprint density at radius 2 is 1.78 bits per heavy atom. The van der Waals surface area contributed by atoms with Gasteiger partial charge in [0.25, 0.3) is 0 Å². The molecular weight excluding hydrogens is 408 g/mol. The van der Waals surface area contributed by atoms with Crippen molar-refractivity contribution in [3.05, 3.63) is 48.0 Å². The summed E-state index contributed by atoms with van der Waals surface area (Å²) in [6.07, 6.45) is 3.38. The van der Waals surface area contributed by atoms with Crippen molar-refractivity contribution in [3.8, 4) is 11.5 Å². The molecule has 0 aromatic heterocycles. The third-order valence-corrected chi connectivity index (χ3v) is 4.91. The van der Waals surface area contributed by atoms with Gasteiger partial charge in [-0.3, -0.25) is 14.6 Å². The fraction of sp³-hybridized carbons (Fsp3) is 0.375. The summed E-state index contributed by atoms with van der Waals surface area (Å²) >= 11 is 0. The van der Waals surface area contributed by atoms with Crippen molar-refractivity contribution in [1.29, 1.82) is 0 Å². The van der Waals surface area contributed by atoms with Crippen LogP contribution in [0.4, 0.5) is 11.4 Å². The van der Waals surface area contributed by atoms with Crippen LogP contribution in [0.3, 0.4) is 0 Å². The maximum atomic E-state index is 12.8. The molecule has 170 valence electrons. The van der Waals surface area contributed by atoms with E-state index in [0.717, 1.165) is 18.4 Å². The molecule has 0 saturated carbocycles. The van der Waals surface area contributed by atoms with Crippen LogP contribution < -0.4 is 20.1 Å². The summed E-state index contributed by atoms with van der Waals surface area (Å²) in [6, 6.07) is 12.3. The summed E-state index contributed by atoms with van der Waals surface area (Å²) in [6.45, 7) is 6.08. The Morgan fingerprint density at radius 1 is 1.09 bits per heavy atom. The Kier molecular flexibility index (Phi) is 7.70. The Hall–Kier alpha value is -3.55. The van der Waals surface area contributed by atoms with Crippen LogP contribution in [0.15, 0.2) is 47.6 Å². The molecule has 1 saturated heterocycles. The van der Waals surface area contributed by atoms with E-state index >= 15 is 0 Å². The number of ether oxygens (including phenoxy) is 2. The lowest BCUT2D eigenvalue weighted by Crippen LogP contribution is -2.36. The normalized spacial score (nSPS) is 15.8. The van der Waals surface area contributed by atoms with Gasteiger partial charge in [-0.1, -0.05) is 0 Å². The molecule has 32 heavy (non-hydrogen) atoms. The molecule has 8 heteroatoms. The number of hydrogen-bond acceptors (Lipinski definition) is 6. The molecule has 1 atom stereocenters. The van der Waals surface area contributed by atoms with Gasteiger partial charge in [0.15, 0.2) is 11.5 Å². The number of carbonyl (C=O) groups excluding carboxylic acids is 2. The van der Waals surface area contributed by atoms with Crippen molar-refractivity contribution >= 4 is 29.4 Å². The van der Waals surface area contributed by atoms with Crippen LogP contribution in [0.25, 0.3) is 0 Å². The number of carbonyl (C=O) groups is 2. The van der Waals surface area contributed by atoms with Crippen LogP contribution >= 0.6 is 0 Å². The lowest BCUT2D eigenvalue weighted by atomic mass is 10.2. The number of rotatable bonds is 8. The number of benzene rings is 2. The van der Waals surface area contributed by atoms with Crippen molar-refractivity contribution in [2.45, 2.75) is 45.8 Å². The highest BCUT2D eigenvalue weighted by Crippen LogP contribution is 2.29. The monoisotopic (exact) mass is 438 g/mol. The summed E-state index contributed by atoms with van der Waals surface area (Å²) in [5, 5.41) is 12.0. The van der Waals surface area contributed by atoms with Crippen LogP contribution in [0.5, 0.6) is 11.5 Å². The molecule has 0 aliphatic carbocycles. The second kappa shape index (κ2) is 10.7. The Balaban J connectivity index is 1.65. The van der Waals surface area contributed by atoms with E-state index in [2.05, 4.69) is 15.7 Å². The minimum absolute atomic E-state index is 0.0232. The van der Waals surface area contributed by atoms with Gasteiger partial charge in [0, 0.05) is 24.8 Å². The van der Waals surface area contributed by atoms with Crippen LogP contribution in [-0.2, 0) is 9.59 Å². The summed E-state index contributed by atoms with van der Waals surface area (Å²) < 4.78 is 11.2. The van der Waals surface area contributed by atoms with E-state index in [-0.39, 0.29) is 24.0 Å². The number of methoxy groups -OCH3 is 1. The average Bonchev–Trinajstić information content (AvgIpc) is 3.22. The molecule has 0 spiro atoms. The van der Waals surface area contributed by atoms with Gasteiger partial charge in [-0.15, -0.1) is 0 Å². The molecule has 0 bridgehead atoms. The maximum absolute atomic E-state index is 12.8. The molecule has 2 aromatic rings. The van der Waals surface area contributed by atoms with Gasteiger partial charge in [0.05, 0.1) is 19.4 Å². The summed E-state index contributed by atoms with van der Waals surface area (Å²) in [4.78, 5) is 24.0. The van der Waals surface area contributed by atoms with Gasteiger partial charge < -0.3 is 20.1 Å². The smallest absolute Gasteiger partial charge is 0.248 e. The number of amides is 2. The summed E-state index contributed by atoms with van der Waals surface area (Å²) in [5.74, 6) is 1.08. The van der Waals surface area contributed by atoms with Crippen LogP contribution in [-0.4, -0.2) is 48.8 Å². The van der Waals surface area contributed by atoms with E-state index in [4.69, 9.17) is 9.47 Å². The third-order valence-electron chi connectivity index (χ3n) is 4.91. The van der Waals surface area contributed by atoms with E-state index in [9.17, 15) is 9.59 Å². The summed E-state index contributed by atoms with van der Waals surface area (Å²) in [5.41, 5.74) is 2.22. The molecule has 2 aromatic carbocycles. The Morgan fingerprint density at radius 3 is 2.41 bits per heavy atom. The molecule has 1 fully saturated rings. The highest BCUT2D eigenvalue weighted by Gasteiger charge is 2.29. The van der Waals surface area contributed by atoms with E-state index in [1.54, 1.807) is 37.6 Å². The molecular formula is C24H30N4O4. The first kappa shape index (κ1) is 23.1. The topological polar surface area (TPSA) is 92.3 Å². The van der Waals surface area contributed by atoms with E-state index in [0.29, 0.717) is 29.4 Å². The first-order chi connectivity index (χ1) is 15.4. The fourth-order valence-corrected chi connectivity index (χ4v) is 3.48. The summed E-state index contributed by atoms with van der Waals surface area (Å²) in [7, 11) is 1.61. The van der Waals surface area contributed by atoms with Crippen LogP contribution in [0.1, 0.15) is 39.2 Å². The van der Waals surface area contributed by atoms with Gasteiger partial charge in [-0.05, 0) is 74.7 Å². The zero-order valence-electron chi connectivity index (χ0n) is 18.9. The molecule has 3 rings (SSSR count). The van der Waals surface area contributed by atoms with Gasteiger partial charge in [-0.25, -0.2) is 0 Å². The lowest BCUT2D eigenvalue weighted by Gasteiger charge is -2.21. The fourth-order valence-electron chi connectivity index (χ4n) is 3.48. The minimum atomic E-state index is -0.342. The molecule has 0 radical (unpaired) electrons. The number of anilines is 2. The predicted octanol–water partition coefficient (Wildman–Crippen LogP) is 3.88. The van der Waals surface area contributed by atoms with Crippen LogP contribution in [0.2, 0.25) is 0 Å². The van der Waals surface area contributed by atoms with Gasteiger partial charge in [0.2, 0.25) is 11.8 Å². The molecule has 8 nitrogen and oxygen atoms in total. The quantitative estimate of drug-likeness (QED) is 0.611. The van der Waals surface area contributed by atoms with Gasteiger partial charge >= 0.3 is 0 Å². The number of nitrogens with one attached hydrogen (secondary N) is 2. The highest BCUT2D eigenvalue weighted by atomic mass is 16.5. The van der Waals surface area contributed by atoms with E-state index in [1.807, 2.05) is 37.1 Å². The van der Waals surface area contributed by atoms with Gasteiger partial charge in [0.1, 0.15) is 6.04 Å². The molecule has 1 heterocycles. The maximum Gasteiger partial charge on any atom is 0.248 e. The molecule has 1 aliphatic heterocycles. The Labute approximate surface area is 188 Å². The predicted molar refractivity (Wildman–Crippen MR) is 125 cm³/mol. The number of hydrogen-bond donors (Lipinski definition) is 2. The largest absolute Gasteiger partial charge is 0.493 e. The zero-order chi connectivity index (χ0) is 23.1. The second-order valence-corrected chi connectivity index (χ2v) is 7.89. The van der Waals surface area contributed by atoms with Crippen molar-refractivity contribution in [2.24, 2.45) is 5.10 Å². The standard InChI is InChI=1S/C24H30N4O4/c1-16(2)32-23-14-18(7-12-22(23)31-4)15-25-28-13-5-6-21(28)24(30)27-20-10-8-19(9-11-20)26-17(3)29/h7-12,14-16,21H,5-6,13H2,1-4H3,(H,26,29)(H,27,30)/b25-15+. The third kappa shape index (κ3) is 6.23. The lowest BCUT2D eigenvalue weighted by molar-refractivity contribution is -0.120. The zero-order valence-corrected chi connectivity index (χ0v) is 18.9. The SMILES string of the molecule is COc1ccc(/C=N/N2CCCC2C(=O)Nc2ccc(NC(C)=O)cc2)cc1OC(C)C. The van der Waals surface area contributed by atoms with Crippen molar-refractivity contribution in [1.82, 2.24) is 5.01 Å².